The Morgan fingerprint density at radius 2 is 1.10 bits per heavy atom. The van der Waals surface area contributed by atoms with E-state index < -0.39 is 0 Å². The van der Waals surface area contributed by atoms with E-state index >= 15 is 0 Å². The second-order valence-electron chi connectivity index (χ2n) is 7.33. The first-order valence-electron chi connectivity index (χ1n) is 10.3. The first kappa shape index (κ1) is 19.0. The van der Waals surface area contributed by atoms with Gasteiger partial charge in [-0.15, -0.1) is 0 Å². The van der Waals surface area contributed by atoms with Crippen molar-refractivity contribution < 1.29 is 0 Å². The lowest BCUT2D eigenvalue weighted by Gasteiger charge is -2.12. The summed E-state index contributed by atoms with van der Waals surface area (Å²) >= 11 is 0. The van der Waals surface area contributed by atoms with Crippen molar-refractivity contribution in [1.29, 1.82) is 0 Å². The van der Waals surface area contributed by atoms with E-state index in [1.165, 1.54) is 33.4 Å². The zero-order valence-electron chi connectivity index (χ0n) is 16.7. The van der Waals surface area contributed by atoms with Gasteiger partial charge in [0.15, 0.2) is 0 Å². The number of rotatable bonds is 7. The average Bonchev–Trinajstić information content (AvgIpc) is 2.80. The van der Waals surface area contributed by atoms with Crippen LogP contribution in [0.1, 0.15) is 28.7 Å². The molecule has 0 spiro atoms. The molecule has 4 aromatic rings. The molecule has 0 saturated carbocycles. The molecule has 0 aliphatic rings. The summed E-state index contributed by atoms with van der Waals surface area (Å²) in [5.41, 5.74) is 7.95. The maximum atomic E-state index is 2.28. The van der Waals surface area contributed by atoms with Crippen LogP contribution in [0.25, 0.3) is 23.3 Å². The molecule has 0 atom stereocenters. The van der Waals surface area contributed by atoms with Crippen LogP contribution in [0, 0.1) is 0 Å². The molecule has 4 aromatic carbocycles. The summed E-state index contributed by atoms with van der Waals surface area (Å²) in [5.74, 6) is 0. The Hall–Kier alpha value is -3.38. The highest BCUT2D eigenvalue weighted by Gasteiger charge is 2.08. The maximum absolute atomic E-state index is 2.28. The monoisotopic (exact) mass is 374 g/mol. The Morgan fingerprint density at radius 3 is 1.90 bits per heavy atom. The Balaban J connectivity index is 1.56. The maximum Gasteiger partial charge on any atom is -0.0109 e. The molecule has 0 aromatic heterocycles. The lowest BCUT2D eigenvalue weighted by atomic mass is 9.92. The Morgan fingerprint density at radius 1 is 0.483 bits per heavy atom. The third-order valence-corrected chi connectivity index (χ3v) is 5.28. The molecule has 0 aliphatic carbocycles. The van der Waals surface area contributed by atoms with Crippen LogP contribution in [-0.2, 0) is 12.8 Å². The largest absolute Gasteiger partial charge is 0.0622 e. The second kappa shape index (κ2) is 9.71. The summed E-state index contributed by atoms with van der Waals surface area (Å²) in [4.78, 5) is 0. The highest BCUT2D eigenvalue weighted by Crippen LogP contribution is 2.29. The molecule has 0 aliphatic heterocycles. The van der Waals surface area contributed by atoms with Crippen molar-refractivity contribution in [2.45, 2.75) is 19.3 Å². The number of hydrogen-bond acceptors (Lipinski definition) is 0. The molecule has 0 heteroatoms. The molecule has 29 heavy (non-hydrogen) atoms. The zero-order chi connectivity index (χ0) is 19.7. The van der Waals surface area contributed by atoms with Gasteiger partial charge in [0.05, 0.1) is 0 Å². The van der Waals surface area contributed by atoms with E-state index in [0.29, 0.717) is 0 Å². The lowest BCUT2D eigenvalue weighted by Crippen LogP contribution is -1.94. The summed E-state index contributed by atoms with van der Waals surface area (Å²) in [6.07, 6.45) is 7.78. The van der Waals surface area contributed by atoms with Gasteiger partial charge in [-0.25, -0.2) is 0 Å². The fourth-order valence-corrected chi connectivity index (χ4v) is 3.77. The van der Waals surface area contributed by atoms with Gasteiger partial charge in [0.2, 0.25) is 0 Å². The minimum absolute atomic E-state index is 1.09. The molecule has 0 saturated heterocycles. The molecule has 0 radical (unpaired) electrons. The second-order valence-corrected chi connectivity index (χ2v) is 7.33. The minimum atomic E-state index is 1.09. The van der Waals surface area contributed by atoms with Crippen LogP contribution in [0.5, 0.6) is 0 Å². The van der Waals surface area contributed by atoms with Crippen LogP contribution < -0.4 is 0 Å². The van der Waals surface area contributed by atoms with Gasteiger partial charge in [0, 0.05) is 0 Å². The molecular formula is C29H26. The Bertz CT molecular complexity index is 1060. The molecule has 0 fully saturated rings. The van der Waals surface area contributed by atoms with Crippen molar-refractivity contribution in [2.75, 3.05) is 0 Å². The van der Waals surface area contributed by atoms with Crippen molar-refractivity contribution in [1.82, 2.24) is 0 Å². The first-order chi connectivity index (χ1) is 14.4. The summed E-state index contributed by atoms with van der Waals surface area (Å²) in [6.45, 7) is 0. The summed E-state index contributed by atoms with van der Waals surface area (Å²) in [7, 11) is 0. The van der Waals surface area contributed by atoms with Gasteiger partial charge >= 0.3 is 0 Å². The molecule has 0 heterocycles. The molecular weight excluding hydrogens is 348 g/mol. The fourth-order valence-electron chi connectivity index (χ4n) is 3.77. The Labute approximate surface area is 174 Å². The first-order valence-corrected chi connectivity index (χ1v) is 10.3. The summed E-state index contributed by atoms with van der Waals surface area (Å²) in [5, 5.41) is 0. The van der Waals surface area contributed by atoms with Gasteiger partial charge in [0.1, 0.15) is 0 Å². The van der Waals surface area contributed by atoms with Crippen LogP contribution in [0.15, 0.2) is 109 Å². The quantitative estimate of drug-likeness (QED) is 0.291. The molecule has 0 unspecified atom stereocenters. The van der Waals surface area contributed by atoms with Crippen molar-refractivity contribution >= 4 is 12.2 Å². The molecule has 142 valence electrons. The van der Waals surface area contributed by atoms with Crippen LogP contribution in [0.2, 0.25) is 0 Å². The van der Waals surface area contributed by atoms with Crippen LogP contribution in [-0.4, -0.2) is 0 Å². The topological polar surface area (TPSA) is 0 Å². The van der Waals surface area contributed by atoms with Crippen LogP contribution in [0.3, 0.4) is 0 Å². The number of benzene rings is 4. The Kier molecular flexibility index (Phi) is 6.34. The van der Waals surface area contributed by atoms with Gasteiger partial charge in [-0.2, -0.15) is 0 Å². The van der Waals surface area contributed by atoms with E-state index in [1.807, 2.05) is 0 Å². The number of aryl methyl sites for hydroxylation is 2. The predicted molar refractivity (Wildman–Crippen MR) is 126 cm³/mol. The van der Waals surface area contributed by atoms with E-state index in [2.05, 4.69) is 121 Å². The van der Waals surface area contributed by atoms with Gasteiger partial charge in [-0.3, -0.25) is 0 Å². The van der Waals surface area contributed by atoms with Gasteiger partial charge in [-0.05, 0) is 52.6 Å². The number of hydrogen-bond donors (Lipinski definition) is 0. The molecule has 0 nitrogen and oxygen atoms in total. The summed E-state index contributed by atoms with van der Waals surface area (Å²) < 4.78 is 0. The van der Waals surface area contributed by atoms with Crippen molar-refractivity contribution in [3.8, 4) is 11.1 Å². The van der Waals surface area contributed by atoms with E-state index in [0.717, 1.165) is 19.3 Å². The molecule has 0 amide bonds. The van der Waals surface area contributed by atoms with E-state index in [1.54, 1.807) is 0 Å². The van der Waals surface area contributed by atoms with Gasteiger partial charge in [0.25, 0.3) is 0 Å². The third-order valence-electron chi connectivity index (χ3n) is 5.28. The highest BCUT2D eigenvalue weighted by molar-refractivity contribution is 5.82. The normalized spacial score (nSPS) is 11.0. The smallest absolute Gasteiger partial charge is 0.0109 e. The SMILES string of the molecule is C(=C\c1ccccc1-c1ccccc1CCCc1ccccc1)/c1ccccc1. The molecule has 0 N–H and O–H groups in total. The lowest BCUT2D eigenvalue weighted by molar-refractivity contribution is 0.822. The predicted octanol–water partition coefficient (Wildman–Crippen LogP) is 7.70. The fraction of sp³-hybridized carbons (Fsp3) is 0.103. The van der Waals surface area contributed by atoms with Crippen molar-refractivity contribution in [2.24, 2.45) is 0 Å². The van der Waals surface area contributed by atoms with Gasteiger partial charge in [-0.1, -0.05) is 121 Å². The average molecular weight is 375 g/mol. The van der Waals surface area contributed by atoms with Crippen LogP contribution in [0.4, 0.5) is 0 Å². The molecule has 4 rings (SSSR count). The highest BCUT2D eigenvalue weighted by atomic mass is 14.1. The molecule has 0 bridgehead atoms. The standard InChI is InChI=1S/C29H26/c1-3-12-24(13-4-1)16-11-19-26-17-7-9-20-28(26)29-21-10-8-18-27(29)23-22-25-14-5-2-6-15-25/h1-10,12-15,17-18,20-23H,11,16,19H2/b23-22+. The van der Waals surface area contributed by atoms with Crippen molar-refractivity contribution in [3.63, 3.8) is 0 Å². The minimum Gasteiger partial charge on any atom is -0.0622 e. The zero-order valence-corrected chi connectivity index (χ0v) is 16.7. The van der Waals surface area contributed by atoms with E-state index in [9.17, 15) is 0 Å². The van der Waals surface area contributed by atoms with Crippen molar-refractivity contribution in [3.05, 3.63) is 131 Å². The summed E-state index contributed by atoms with van der Waals surface area (Å²) in [6, 6.07) is 38.8. The van der Waals surface area contributed by atoms with Gasteiger partial charge < -0.3 is 0 Å². The van der Waals surface area contributed by atoms with E-state index in [-0.39, 0.29) is 0 Å². The third kappa shape index (κ3) is 5.12. The van der Waals surface area contributed by atoms with Crippen LogP contribution >= 0.6 is 0 Å². The van der Waals surface area contributed by atoms with E-state index in [4.69, 9.17) is 0 Å².